The van der Waals surface area contributed by atoms with Gasteiger partial charge in [-0.05, 0) is 43.4 Å². The van der Waals surface area contributed by atoms with Crippen LogP contribution in [0.5, 0.6) is 0 Å². The third-order valence-corrected chi connectivity index (χ3v) is 6.23. The molecule has 28 heavy (non-hydrogen) atoms. The van der Waals surface area contributed by atoms with Gasteiger partial charge in [0, 0.05) is 30.7 Å². The minimum absolute atomic E-state index is 0.0970. The van der Waals surface area contributed by atoms with Gasteiger partial charge in [0.25, 0.3) is 5.91 Å². The summed E-state index contributed by atoms with van der Waals surface area (Å²) < 4.78 is 1.76. The summed E-state index contributed by atoms with van der Waals surface area (Å²) in [5.74, 6) is -0.0970. The molecule has 1 saturated carbocycles. The molecule has 0 unspecified atom stereocenters. The van der Waals surface area contributed by atoms with Crippen molar-refractivity contribution in [3.63, 3.8) is 0 Å². The summed E-state index contributed by atoms with van der Waals surface area (Å²) >= 11 is 1.73. The Balaban J connectivity index is 1.33. The van der Waals surface area contributed by atoms with Crippen LogP contribution in [0.1, 0.15) is 36.2 Å². The van der Waals surface area contributed by atoms with Gasteiger partial charge in [0.2, 0.25) is 0 Å². The average Bonchev–Trinajstić information content (AvgIpc) is 3.13. The smallest absolute Gasteiger partial charge is 0.272 e. The molecule has 1 aliphatic rings. The van der Waals surface area contributed by atoms with Crippen LogP contribution in [0.2, 0.25) is 0 Å². The third kappa shape index (κ3) is 4.42. The van der Waals surface area contributed by atoms with Gasteiger partial charge >= 0.3 is 0 Å². The first-order valence-corrected chi connectivity index (χ1v) is 10.4. The van der Waals surface area contributed by atoms with E-state index >= 15 is 0 Å². The number of hydrogen-bond acceptors (Lipinski definition) is 5. The molecule has 1 amide bonds. The van der Waals surface area contributed by atoms with E-state index in [0.29, 0.717) is 10.9 Å². The summed E-state index contributed by atoms with van der Waals surface area (Å²) in [6.45, 7) is 0. The molecule has 1 N–H and O–H groups in total. The Kier molecular flexibility index (Phi) is 5.71. The Hall–Kier alpha value is -2.67. The molecule has 1 aromatic carbocycles. The molecule has 0 bridgehead atoms. The van der Waals surface area contributed by atoms with Crippen molar-refractivity contribution >= 4 is 17.7 Å². The maximum absolute atomic E-state index is 12.7. The predicted octanol–water partition coefficient (Wildman–Crippen LogP) is 3.71. The fourth-order valence-corrected chi connectivity index (χ4v) is 4.59. The maximum atomic E-state index is 12.7. The highest BCUT2D eigenvalue weighted by molar-refractivity contribution is 7.99. The van der Waals surface area contributed by atoms with Gasteiger partial charge in [-0.3, -0.25) is 9.48 Å². The fourth-order valence-electron chi connectivity index (χ4n) is 3.54. The number of nitrogens with one attached hydrogen (secondary N) is 1. The molecule has 3 aromatic rings. The van der Waals surface area contributed by atoms with E-state index in [1.165, 1.54) is 0 Å². The Morgan fingerprint density at radius 3 is 2.50 bits per heavy atom. The molecule has 0 spiro atoms. The number of aryl methyl sites for hydroxylation is 1. The zero-order valence-electron chi connectivity index (χ0n) is 15.8. The summed E-state index contributed by atoms with van der Waals surface area (Å²) in [5.41, 5.74) is 2.46. The average molecular weight is 394 g/mol. The molecule has 1 aliphatic carbocycles. The van der Waals surface area contributed by atoms with Crippen molar-refractivity contribution < 1.29 is 4.79 Å². The van der Waals surface area contributed by atoms with Crippen molar-refractivity contribution in [3.05, 3.63) is 60.6 Å². The highest BCUT2D eigenvalue weighted by atomic mass is 32.2. The van der Waals surface area contributed by atoms with Crippen molar-refractivity contribution in [2.24, 2.45) is 7.05 Å². The highest BCUT2D eigenvalue weighted by Gasteiger charge is 2.25. The topological polar surface area (TPSA) is 72.7 Å². The number of rotatable bonds is 5. The second-order valence-corrected chi connectivity index (χ2v) is 8.27. The molecule has 0 saturated heterocycles. The van der Waals surface area contributed by atoms with Gasteiger partial charge in [0.15, 0.2) is 10.9 Å². The van der Waals surface area contributed by atoms with Crippen LogP contribution in [0.4, 0.5) is 0 Å². The normalized spacial score (nSPS) is 19.3. The molecule has 7 heteroatoms. The monoisotopic (exact) mass is 393 g/mol. The van der Waals surface area contributed by atoms with Crippen LogP contribution in [0, 0.1) is 0 Å². The van der Waals surface area contributed by atoms with Crippen LogP contribution >= 0.6 is 11.8 Å². The van der Waals surface area contributed by atoms with E-state index in [-0.39, 0.29) is 11.9 Å². The molecular formula is C21H23N5OS. The lowest BCUT2D eigenvalue weighted by Gasteiger charge is -2.28. The zero-order chi connectivity index (χ0) is 19.3. The SMILES string of the molecule is Cn1nc(C(=O)NC2CCC(Sc3ncccn3)CC2)cc1-c1ccccc1. The Morgan fingerprint density at radius 1 is 1.07 bits per heavy atom. The number of carbonyl (C=O) groups excluding carboxylic acids is 1. The summed E-state index contributed by atoms with van der Waals surface area (Å²) in [5, 5.41) is 8.90. The first kappa shape index (κ1) is 18.7. The first-order chi connectivity index (χ1) is 13.7. The van der Waals surface area contributed by atoms with Crippen molar-refractivity contribution in [1.82, 2.24) is 25.1 Å². The van der Waals surface area contributed by atoms with Gasteiger partial charge in [-0.1, -0.05) is 42.1 Å². The molecular weight excluding hydrogens is 370 g/mol. The maximum Gasteiger partial charge on any atom is 0.272 e. The molecule has 4 rings (SSSR count). The fraction of sp³-hybridized carbons (Fsp3) is 0.333. The Labute approximate surface area is 168 Å². The number of thioether (sulfide) groups is 1. The summed E-state index contributed by atoms with van der Waals surface area (Å²) in [4.78, 5) is 21.2. The second kappa shape index (κ2) is 8.56. The van der Waals surface area contributed by atoms with Gasteiger partial charge < -0.3 is 5.32 Å². The quantitative estimate of drug-likeness (QED) is 0.669. The van der Waals surface area contributed by atoms with E-state index in [2.05, 4.69) is 20.4 Å². The van der Waals surface area contributed by atoms with Crippen LogP contribution in [-0.2, 0) is 7.05 Å². The number of hydrogen-bond donors (Lipinski definition) is 1. The van der Waals surface area contributed by atoms with Crippen LogP contribution in [0.3, 0.4) is 0 Å². The Bertz CT molecular complexity index is 920. The lowest BCUT2D eigenvalue weighted by Crippen LogP contribution is -2.38. The summed E-state index contributed by atoms with van der Waals surface area (Å²) in [7, 11) is 1.87. The second-order valence-electron chi connectivity index (χ2n) is 7.00. The largest absolute Gasteiger partial charge is 0.348 e. The number of benzene rings is 1. The van der Waals surface area contributed by atoms with E-state index in [9.17, 15) is 4.79 Å². The standard InChI is InChI=1S/C21H23N5OS/c1-26-19(15-6-3-2-4-7-15)14-18(25-26)20(27)24-16-8-10-17(11-9-16)28-21-22-12-5-13-23-21/h2-7,12-14,16-17H,8-11H2,1H3,(H,24,27). The van der Waals surface area contributed by atoms with E-state index < -0.39 is 0 Å². The van der Waals surface area contributed by atoms with Crippen molar-refractivity contribution in [3.8, 4) is 11.3 Å². The molecule has 0 radical (unpaired) electrons. The van der Waals surface area contributed by atoms with Crippen LogP contribution < -0.4 is 5.32 Å². The van der Waals surface area contributed by atoms with E-state index in [1.807, 2.05) is 49.5 Å². The lowest BCUT2D eigenvalue weighted by atomic mass is 9.95. The summed E-state index contributed by atoms with van der Waals surface area (Å²) in [6, 6.07) is 13.9. The first-order valence-electron chi connectivity index (χ1n) is 9.53. The molecule has 1 fully saturated rings. The minimum Gasteiger partial charge on any atom is -0.348 e. The van der Waals surface area contributed by atoms with E-state index in [1.54, 1.807) is 28.8 Å². The molecule has 0 aliphatic heterocycles. The van der Waals surface area contributed by atoms with Gasteiger partial charge in [0.1, 0.15) is 0 Å². The molecule has 144 valence electrons. The van der Waals surface area contributed by atoms with E-state index in [0.717, 1.165) is 42.1 Å². The highest BCUT2D eigenvalue weighted by Crippen LogP contribution is 2.32. The lowest BCUT2D eigenvalue weighted by molar-refractivity contribution is 0.0922. The molecule has 2 aromatic heterocycles. The zero-order valence-corrected chi connectivity index (χ0v) is 16.6. The minimum atomic E-state index is -0.0970. The van der Waals surface area contributed by atoms with Gasteiger partial charge in [0.05, 0.1) is 5.69 Å². The van der Waals surface area contributed by atoms with Crippen LogP contribution in [0.25, 0.3) is 11.3 Å². The number of aromatic nitrogens is 4. The third-order valence-electron chi connectivity index (χ3n) is 5.01. The molecule has 2 heterocycles. The van der Waals surface area contributed by atoms with Crippen molar-refractivity contribution in [2.45, 2.75) is 42.1 Å². The van der Waals surface area contributed by atoms with Crippen molar-refractivity contribution in [2.75, 3.05) is 0 Å². The van der Waals surface area contributed by atoms with Gasteiger partial charge in [-0.2, -0.15) is 5.10 Å². The molecule has 6 nitrogen and oxygen atoms in total. The number of carbonyl (C=O) groups is 1. The van der Waals surface area contributed by atoms with E-state index in [4.69, 9.17) is 0 Å². The van der Waals surface area contributed by atoms with Gasteiger partial charge in [-0.25, -0.2) is 9.97 Å². The number of nitrogens with zero attached hydrogens (tertiary/aromatic N) is 4. The van der Waals surface area contributed by atoms with Gasteiger partial charge in [-0.15, -0.1) is 0 Å². The van der Waals surface area contributed by atoms with Crippen molar-refractivity contribution in [1.29, 1.82) is 0 Å². The predicted molar refractivity (Wildman–Crippen MR) is 110 cm³/mol. The number of amides is 1. The van der Waals surface area contributed by atoms with Crippen LogP contribution in [0.15, 0.2) is 60.0 Å². The summed E-state index contributed by atoms with van der Waals surface area (Å²) in [6.07, 6.45) is 7.58. The molecule has 0 atom stereocenters. The van der Waals surface area contributed by atoms with Crippen LogP contribution in [-0.4, -0.2) is 36.9 Å². The Morgan fingerprint density at radius 2 is 1.79 bits per heavy atom.